The Bertz CT molecular complexity index is 758. The predicted octanol–water partition coefficient (Wildman–Crippen LogP) is 4.89. The highest BCUT2D eigenvalue weighted by Gasteiger charge is 2.14. The van der Waals surface area contributed by atoms with E-state index in [9.17, 15) is 4.79 Å². The number of carbonyl (C=O) groups excluding carboxylic acids is 1. The molecule has 1 amide bonds. The Morgan fingerprint density at radius 1 is 1.36 bits per heavy atom. The molecule has 1 aliphatic rings. The third kappa shape index (κ3) is 6.15. The van der Waals surface area contributed by atoms with E-state index in [4.69, 9.17) is 9.47 Å². The normalized spacial score (nSPS) is 16.2. The Labute approximate surface area is 171 Å². The summed E-state index contributed by atoms with van der Waals surface area (Å²) >= 11 is 1.49. The zero-order valence-corrected chi connectivity index (χ0v) is 17.7. The summed E-state index contributed by atoms with van der Waals surface area (Å²) in [4.78, 5) is 19.0. The van der Waals surface area contributed by atoms with Crippen molar-refractivity contribution in [1.29, 1.82) is 0 Å². The second-order valence-electron chi connectivity index (χ2n) is 7.35. The van der Waals surface area contributed by atoms with Gasteiger partial charge in [-0.1, -0.05) is 50.5 Å². The maximum absolute atomic E-state index is 12.1. The fraction of sp³-hybridized carbons (Fsp3) is 0.619. The number of amides is 1. The highest BCUT2D eigenvalue weighted by molar-refractivity contribution is 7.22. The minimum absolute atomic E-state index is 0.414. The van der Waals surface area contributed by atoms with Gasteiger partial charge in [0.05, 0.1) is 30.0 Å². The van der Waals surface area contributed by atoms with Gasteiger partial charge in [-0.3, -0.25) is 10.2 Å². The molecule has 6 nitrogen and oxygen atoms in total. The van der Waals surface area contributed by atoms with Crippen molar-refractivity contribution in [3.8, 4) is 0 Å². The zero-order chi connectivity index (χ0) is 19.8. The number of carbonyl (C=O) groups is 1. The van der Waals surface area contributed by atoms with Crippen LogP contribution in [0.5, 0.6) is 0 Å². The van der Waals surface area contributed by atoms with E-state index in [1.54, 1.807) is 0 Å². The minimum Gasteiger partial charge on any atom is -0.449 e. The lowest BCUT2D eigenvalue weighted by molar-refractivity contribution is 0.0342. The van der Waals surface area contributed by atoms with E-state index in [-0.39, 0.29) is 0 Å². The lowest BCUT2D eigenvalue weighted by atomic mass is 10.0. The van der Waals surface area contributed by atoms with E-state index in [0.29, 0.717) is 17.7 Å². The molecular formula is C21H31N3O3S. The van der Waals surface area contributed by atoms with Crippen molar-refractivity contribution < 1.29 is 14.3 Å². The summed E-state index contributed by atoms with van der Waals surface area (Å²) in [7, 11) is 0. The first-order chi connectivity index (χ1) is 13.7. The van der Waals surface area contributed by atoms with E-state index in [2.05, 4.69) is 41.2 Å². The molecule has 2 heterocycles. The molecule has 1 fully saturated rings. The molecule has 1 N–H and O–H groups in total. The Morgan fingerprint density at radius 3 is 2.93 bits per heavy atom. The molecule has 0 bridgehead atoms. The lowest BCUT2D eigenvalue weighted by Gasteiger charge is -2.26. The molecule has 1 aliphatic heterocycles. The van der Waals surface area contributed by atoms with Crippen LogP contribution in [0.3, 0.4) is 0 Å². The molecule has 1 saturated heterocycles. The molecule has 154 valence electrons. The second-order valence-corrected chi connectivity index (χ2v) is 8.38. The summed E-state index contributed by atoms with van der Waals surface area (Å²) in [6.07, 6.45) is 4.06. The first-order valence-corrected chi connectivity index (χ1v) is 11.1. The third-order valence-electron chi connectivity index (χ3n) is 5.17. The van der Waals surface area contributed by atoms with Crippen molar-refractivity contribution in [2.75, 3.05) is 38.2 Å². The number of ether oxygens (including phenoxy) is 2. The van der Waals surface area contributed by atoms with Crippen molar-refractivity contribution in [2.45, 2.75) is 46.1 Å². The third-order valence-corrected chi connectivity index (χ3v) is 6.10. The summed E-state index contributed by atoms with van der Waals surface area (Å²) in [5.41, 5.74) is 2.16. The average molecular weight is 406 g/mol. The Hall–Kier alpha value is -1.70. The number of hydrogen-bond acceptors (Lipinski definition) is 6. The van der Waals surface area contributed by atoms with Gasteiger partial charge >= 0.3 is 6.09 Å². The number of nitrogens with zero attached hydrogens (tertiary/aromatic N) is 2. The van der Waals surface area contributed by atoms with Crippen molar-refractivity contribution in [3.05, 3.63) is 23.8 Å². The van der Waals surface area contributed by atoms with Crippen LogP contribution in [0, 0.1) is 5.92 Å². The number of unbranched alkanes of at least 4 members (excludes halogenated alkanes) is 1. The van der Waals surface area contributed by atoms with Crippen LogP contribution in [0.4, 0.5) is 9.93 Å². The molecule has 1 aromatic carbocycles. The van der Waals surface area contributed by atoms with Gasteiger partial charge in [0.25, 0.3) is 0 Å². The van der Waals surface area contributed by atoms with E-state index >= 15 is 0 Å². The van der Waals surface area contributed by atoms with Crippen LogP contribution in [-0.2, 0) is 16.0 Å². The highest BCUT2D eigenvalue weighted by Crippen LogP contribution is 2.27. The van der Waals surface area contributed by atoms with Gasteiger partial charge in [-0.15, -0.1) is 0 Å². The summed E-state index contributed by atoms with van der Waals surface area (Å²) in [5, 5.41) is 3.38. The lowest BCUT2D eigenvalue weighted by Crippen LogP contribution is -2.35. The van der Waals surface area contributed by atoms with Crippen LogP contribution in [-0.4, -0.2) is 48.9 Å². The quantitative estimate of drug-likeness (QED) is 0.643. The highest BCUT2D eigenvalue weighted by atomic mass is 32.1. The number of morpholine rings is 1. The van der Waals surface area contributed by atoms with Gasteiger partial charge in [-0.2, -0.15) is 0 Å². The fourth-order valence-electron chi connectivity index (χ4n) is 3.35. The molecule has 1 unspecified atom stereocenters. The van der Waals surface area contributed by atoms with Gasteiger partial charge in [0.1, 0.15) is 0 Å². The molecule has 1 atom stereocenters. The number of aromatic nitrogens is 1. The summed E-state index contributed by atoms with van der Waals surface area (Å²) in [6.45, 7) is 9.25. The Morgan fingerprint density at radius 2 is 2.18 bits per heavy atom. The van der Waals surface area contributed by atoms with Crippen LogP contribution in [0.1, 0.15) is 45.1 Å². The van der Waals surface area contributed by atoms with Crippen LogP contribution in [0.15, 0.2) is 18.2 Å². The topological polar surface area (TPSA) is 63.7 Å². The molecule has 0 aliphatic carbocycles. The molecule has 0 saturated carbocycles. The van der Waals surface area contributed by atoms with Gasteiger partial charge in [0.2, 0.25) is 0 Å². The van der Waals surface area contributed by atoms with Crippen LogP contribution in [0.2, 0.25) is 0 Å². The van der Waals surface area contributed by atoms with Crippen molar-refractivity contribution >= 4 is 32.8 Å². The van der Waals surface area contributed by atoms with E-state index in [0.717, 1.165) is 55.9 Å². The number of benzene rings is 1. The van der Waals surface area contributed by atoms with Gasteiger partial charge in [-0.25, -0.2) is 9.78 Å². The SMILES string of the molecule is CCCCC(CC)COC(=O)Nc1nc2ccc(CN3CCOCC3)cc2s1. The first kappa shape index (κ1) is 21.0. The molecule has 0 radical (unpaired) electrons. The zero-order valence-electron chi connectivity index (χ0n) is 16.9. The molecule has 7 heteroatoms. The first-order valence-electron chi connectivity index (χ1n) is 10.3. The number of anilines is 1. The number of rotatable bonds is 9. The van der Waals surface area contributed by atoms with Gasteiger partial charge in [0, 0.05) is 19.6 Å². The molecule has 3 rings (SSSR count). The van der Waals surface area contributed by atoms with Gasteiger partial charge < -0.3 is 9.47 Å². The predicted molar refractivity (Wildman–Crippen MR) is 114 cm³/mol. The van der Waals surface area contributed by atoms with Gasteiger partial charge in [0.15, 0.2) is 5.13 Å². The van der Waals surface area contributed by atoms with Crippen LogP contribution in [0.25, 0.3) is 10.2 Å². The molecule has 2 aromatic rings. The van der Waals surface area contributed by atoms with Crippen molar-refractivity contribution in [3.63, 3.8) is 0 Å². The second kappa shape index (κ2) is 10.7. The standard InChI is InChI=1S/C21H31N3O3S/c1-3-5-6-16(4-2)15-27-21(25)23-20-22-18-8-7-17(13-19(18)28-20)14-24-9-11-26-12-10-24/h7-8,13,16H,3-6,9-12,14-15H2,1-2H3,(H,22,23,25). The summed E-state index contributed by atoms with van der Waals surface area (Å²) in [6, 6.07) is 6.30. The van der Waals surface area contributed by atoms with E-state index in [1.807, 2.05) is 6.07 Å². The number of hydrogen-bond donors (Lipinski definition) is 1. The molecule has 1 aromatic heterocycles. The minimum atomic E-state index is -0.414. The van der Waals surface area contributed by atoms with E-state index < -0.39 is 6.09 Å². The summed E-state index contributed by atoms with van der Waals surface area (Å²) in [5.74, 6) is 0.434. The largest absolute Gasteiger partial charge is 0.449 e. The number of thiazole rings is 1. The summed E-state index contributed by atoms with van der Waals surface area (Å²) < 4.78 is 11.9. The van der Waals surface area contributed by atoms with E-state index in [1.165, 1.54) is 29.7 Å². The van der Waals surface area contributed by atoms with Crippen LogP contribution >= 0.6 is 11.3 Å². The molecule has 28 heavy (non-hydrogen) atoms. The average Bonchev–Trinajstić information content (AvgIpc) is 3.10. The van der Waals surface area contributed by atoms with Crippen molar-refractivity contribution in [2.24, 2.45) is 5.92 Å². The fourth-order valence-corrected chi connectivity index (χ4v) is 4.27. The molecule has 0 spiro atoms. The maximum Gasteiger partial charge on any atom is 0.413 e. The van der Waals surface area contributed by atoms with Gasteiger partial charge in [-0.05, 0) is 30.0 Å². The molecular weight excluding hydrogens is 374 g/mol. The monoisotopic (exact) mass is 405 g/mol. The smallest absolute Gasteiger partial charge is 0.413 e. The van der Waals surface area contributed by atoms with Crippen molar-refractivity contribution in [1.82, 2.24) is 9.88 Å². The number of nitrogens with one attached hydrogen (secondary N) is 1. The Balaban J connectivity index is 1.53. The number of fused-ring (bicyclic) bond motifs is 1. The van der Waals surface area contributed by atoms with Crippen LogP contribution < -0.4 is 5.32 Å². The Kier molecular flexibility index (Phi) is 8.06. The maximum atomic E-state index is 12.1.